The molecule has 0 aliphatic heterocycles. The summed E-state index contributed by atoms with van der Waals surface area (Å²) in [6.07, 6.45) is 2.52. The Morgan fingerprint density at radius 2 is 2.12 bits per heavy atom. The second kappa shape index (κ2) is 4.57. The van der Waals surface area contributed by atoms with E-state index in [-0.39, 0.29) is 6.54 Å². The summed E-state index contributed by atoms with van der Waals surface area (Å²) >= 11 is 0. The second-order valence-corrected chi connectivity index (χ2v) is 3.22. The second-order valence-electron chi connectivity index (χ2n) is 3.22. The highest BCUT2D eigenvalue weighted by Crippen LogP contribution is 2.19. The first kappa shape index (κ1) is 10.4. The molecule has 82 valence electrons. The van der Waals surface area contributed by atoms with Crippen molar-refractivity contribution in [2.45, 2.75) is 6.54 Å². The predicted octanol–water partition coefficient (Wildman–Crippen LogP) is 1.15. The average molecular weight is 217 g/mol. The molecule has 0 unspecified atom stereocenters. The molecule has 0 saturated carbocycles. The molecule has 2 rings (SSSR count). The smallest absolute Gasteiger partial charge is 0.141 e. The third kappa shape index (κ3) is 2.08. The molecule has 0 N–H and O–H groups in total. The van der Waals surface area contributed by atoms with E-state index in [4.69, 9.17) is 4.74 Å². The summed E-state index contributed by atoms with van der Waals surface area (Å²) in [7, 11) is 1.62. The maximum atomic E-state index is 10.3. The SMILES string of the molecule is COc1ccc(-c2cn(CC=O)nn2)cc1. The van der Waals surface area contributed by atoms with Crippen LogP contribution in [0.3, 0.4) is 0 Å². The minimum absolute atomic E-state index is 0.225. The van der Waals surface area contributed by atoms with Crippen molar-refractivity contribution in [3.05, 3.63) is 30.5 Å². The molecule has 5 heteroatoms. The molecular weight excluding hydrogens is 206 g/mol. The van der Waals surface area contributed by atoms with Crippen LogP contribution in [0.5, 0.6) is 5.75 Å². The van der Waals surface area contributed by atoms with Gasteiger partial charge in [0.05, 0.1) is 19.9 Å². The van der Waals surface area contributed by atoms with E-state index in [9.17, 15) is 4.79 Å². The van der Waals surface area contributed by atoms with Gasteiger partial charge >= 0.3 is 0 Å². The molecule has 0 atom stereocenters. The minimum atomic E-state index is 0.225. The van der Waals surface area contributed by atoms with Crippen LogP contribution in [0.15, 0.2) is 30.5 Å². The summed E-state index contributed by atoms with van der Waals surface area (Å²) in [6.45, 7) is 0.225. The van der Waals surface area contributed by atoms with Crippen molar-refractivity contribution in [2.75, 3.05) is 7.11 Å². The van der Waals surface area contributed by atoms with Gasteiger partial charge in [0.15, 0.2) is 0 Å². The summed E-state index contributed by atoms with van der Waals surface area (Å²) < 4.78 is 6.55. The van der Waals surface area contributed by atoms with Crippen molar-refractivity contribution in [1.82, 2.24) is 15.0 Å². The van der Waals surface area contributed by atoms with E-state index >= 15 is 0 Å². The first-order chi connectivity index (χ1) is 7.83. The van der Waals surface area contributed by atoms with E-state index in [1.807, 2.05) is 24.3 Å². The fourth-order valence-electron chi connectivity index (χ4n) is 1.36. The first-order valence-electron chi connectivity index (χ1n) is 4.81. The van der Waals surface area contributed by atoms with Gasteiger partial charge in [0, 0.05) is 5.56 Å². The molecule has 0 fully saturated rings. The van der Waals surface area contributed by atoms with Gasteiger partial charge in [-0.05, 0) is 24.3 Å². The van der Waals surface area contributed by atoms with Gasteiger partial charge in [-0.2, -0.15) is 0 Å². The van der Waals surface area contributed by atoms with Crippen LogP contribution in [0.1, 0.15) is 0 Å². The molecule has 0 spiro atoms. The predicted molar refractivity (Wildman–Crippen MR) is 58.1 cm³/mol. The lowest BCUT2D eigenvalue weighted by Gasteiger charge is -1.99. The first-order valence-corrected chi connectivity index (χ1v) is 4.81. The lowest BCUT2D eigenvalue weighted by molar-refractivity contribution is -0.108. The maximum Gasteiger partial charge on any atom is 0.141 e. The van der Waals surface area contributed by atoms with Gasteiger partial charge in [-0.15, -0.1) is 5.10 Å². The van der Waals surface area contributed by atoms with E-state index in [2.05, 4.69) is 10.3 Å². The molecule has 0 amide bonds. The summed E-state index contributed by atoms with van der Waals surface area (Å²) in [5, 5.41) is 7.80. The van der Waals surface area contributed by atoms with Crippen molar-refractivity contribution < 1.29 is 9.53 Å². The Balaban J connectivity index is 2.24. The van der Waals surface area contributed by atoms with Gasteiger partial charge < -0.3 is 9.53 Å². The van der Waals surface area contributed by atoms with Crippen molar-refractivity contribution >= 4 is 6.29 Å². The third-order valence-electron chi connectivity index (χ3n) is 2.19. The third-order valence-corrected chi connectivity index (χ3v) is 2.19. The zero-order chi connectivity index (χ0) is 11.4. The topological polar surface area (TPSA) is 57.0 Å². The molecule has 0 aliphatic rings. The van der Waals surface area contributed by atoms with Gasteiger partial charge in [-0.1, -0.05) is 5.21 Å². The number of aromatic nitrogens is 3. The van der Waals surface area contributed by atoms with Crippen LogP contribution in [0, 0.1) is 0 Å². The Morgan fingerprint density at radius 3 is 2.75 bits per heavy atom. The summed E-state index contributed by atoms with van der Waals surface area (Å²) in [4.78, 5) is 10.3. The largest absolute Gasteiger partial charge is 0.497 e. The van der Waals surface area contributed by atoms with Crippen LogP contribution >= 0.6 is 0 Å². The zero-order valence-electron chi connectivity index (χ0n) is 8.83. The molecular formula is C11H11N3O2. The Morgan fingerprint density at radius 1 is 1.38 bits per heavy atom. The van der Waals surface area contributed by atoms with Gasteiger partial charge in [-0.25, -0.2) is 4.68 Å². The van der Waals surface area contributed by atoms with Gasteiger partial charge in [-0.3, -0.25) is 0 Å². The molecule has 5 nitrogen and oxygen atoms in total. The Labute approximate surface area is 92.7 Å². The van der Waals surface area contributed by atoms with Crippen LogP contribution in [0.2, 0.25) is 0 Å². The number of methoxy groups -OCH3 is 1. The van der Waals surface area contributed by atoms with Crippen molar-refractivity contribution in [3.63, 3.8) is 0 Å². The van der Waals surface area contributed by atoms with Crippen LogP contribution in [0.4, 0.5) is 0 Å². The number of aldehydes is 1. The van der Waals surface area contributed by atoms with Gasteiger partial charge in [0.1, 0.15) is 17.7 Å². The van der Waals surface area contributed by atoms with Crippen LogP contribution in [-0.2, 0) is 11.3 Å². The van der Waals surface area contributed by atoms with E-state index in [1.165, 1.54) is 4.68 Å². The highest BCUT2D eigenvalue weighted by molar-refractivity contribution is 5.59. The number of carbonyl (C=O) groups excluding carboxylic acids is 1. The number of hydrogen-bond acceptors (Lipinski definition) is 4. The average Bonchev–Trinajstić information content (AvgIpc) is 2.78. The molecule has 0 radical (unpaired) electrons. The molecule has 0 bridgehead atoms. The van der Waals surface area contributed by atoms with E-state index < -0.39 is 0 Å². The molecule has 0 aliphatic carbocycles. The Bertz CT molecular complexity index is 476. The number of rotatable bonds is 4. The van der Waals surface area contributed by atoms with Crippen molar-refractivity contribution in [3.8, 4) is 17.0 Å². The molecule has 16 heavy (non-hydrogen) atoms. The highest BCUT2D eigenvalue weighted by Gasteiger charge is 2.03. The summed E-state index contributed by atoms with van der Waals surface area (Å²) in [5.74, 6) is 0.795. The van der Waals surface area contributed by atoms with Crippen LogP contribution < -0.4 is 4.74 Å². The minimum Gasteiger partial charge on any atom is -0.497 e. The molecule has 2 aromatic rings. The van der Waals surface area contributed by atoms with Crippen molar-refractivity contribution in [1.29, 1.82) is 0 Å². The standard InChI is InChI=1S/C11H11N3O2/c1-16-10-4-2-9(3-5-10)11-8-14(6-7-15)13-12-11/h2-5,7-8H,6H2,1H3. The van der Waals surface area contributed by atoms with E-state index in [1.54, 1.807) is 13.3 Å². The molecule has 1 heterocycles. The normalized spacial score (nSPS) is 10.1. The maximum absolute atomic E-state index is 10.3. The number of ether oxygens (including phenoxy) is 1. The van der Waals surface area contributed by atoms with E-state index in [0.717, 1.165) is 23.3 Å². The molecule has 1 aromatic heterocycles. The summed E-state index contributed by atoms with van der Waals surface area (Å²) in [6, 6.07) is 7.50. The monoisotopic (exact) mass is 217 g/mol. The lowest BCUT2D eigenvalue weighted by atomic mass is 10.2. The van der Waals surface area contributed by atoms with Gasteiger partial charge in [0.25, 0.3) is 0 Å². The lowest BCUT2D eigenvalue weighted by Crippen LogP contribution is -1.98. The van der Waals surface area contributed by atoms with Crippen molar-refractivity contribution in [2.24, 2.45) is 0 Å². The fourth-order valence-corrected chi connectivity index (χ4v) is 1.36. The number of nitrogens with zero attached hydrogens (tertiary/aromatic N) is 3. The number of benzene rings is 1. The number of carbonyl (C=O) groups is 1. The Hall–Kier alpha value is -2.17. The summed E-state index contributed by atoms with van der Waals surface area (Å²) in [5.41, 5.74) is 1.68. The Kier molecular flexibility index (Phi) is 2.95. The molecule has 0 saturated heterocycles. The number of hydrogen-bond donors (Lipinski definition) is 0. The molecule has 1 aromatic carbocycles. The highest BCUT2D eigenvalue weighted by atomic mass is 16.5. The van der Waals surface area contributed by atoms with Crippen LogP contribution in [0.25, 0.3) is 11.3 Å². The quantitative estimate of drug-likeness (QED) is 0.721. The van der Waals surface area contributed by atoms with E-state index in [0.29, 0.717) is 0 Å². The fraction of sp³-hybridized carbons (Fsp3) is 0.182. The van der Waals surface area contributed by atoms with Gasteiger partial charge in [0.2, 0.25) is 0 Å². The zero-order valence-corrected chi connectivity index (χ0v) is 8.83. The van der Waals surface area contributed by atoms with Crippen LogP contribution in [-0.4, -0.2) is 28.4 Å².